The fourth-order valence-corrected chi connectivity index (χ4v) is 3.18. The third-order valence-corrected chi connectivity index (χ3v) is 4.54. The summed E-state index contributed by atoms with van der Waals surface area (Å²) >= 11 is 3.71. The predicted molar refractivity (Wildman–Crippen MR) is 65.7 cm³/mol. The Morgan fingerprint density at radius 3 is 2.71 bits per heavy atom. The molecule has 14 heavy (non-hydrogen) atoms. The van der Waals surface area contributed by atoms with Gasteiger partial charge < -0.3 is 5.73 Å². The van der Waals surface area contributed by atoms with Gasteiger partial charge in [-0.25, -0.2) is 4.98 Å². The monoisotopic (exact) mass is 230 g/mol. The molecular formula is C10H18N2S2. The van der Waals surface area contributed by atoms with Gasteiger partial charge in [0.1, 0.15) is 5.01 Å². The van der Waals surface area contributed by atoms with Crippen LogP contribution < -0.4 is 5.73 Å². The van der Waals surface area contributed by atoms with Crippen molar-refractivity contribution < 1.29 is 0 Å². The first-order valence-electron chi connectivity index (χ1n) is 4.86. The minimum atomic E-state index is 0.623. The first kappa shape index (κ1) is 12.0. The number of nitrogens with two attached hydrogens (primary N) is 1. The van der Waals surface area contributed by atoms with E-state index in [1.165, 1.54) is 15.6 Å². The highest BCUT2D eigenvalue weighted by Crippen LogP contribution is 2.22. The molecule has 0 spiro atoms. The number of rotatable bonds is 5. The maximum atomic E-state index is 5.60. The van der Waals surface area contributed by atoms with E-state index in [1.807, 2.05) is 18.7 Å². The molecule has 1 rings (SSSR count). The SMILES string of the molecule is Cc1nc(CSCC(C)C)sc1CN. The Kier molecular flexibility index (Phi) is 4.92. The lowest BCUT2D eigenvalue weighted by atomic mass is 10.3. The van der Waals surface area contributed by atoms with Crippen LogP contribution in [-0.4, -0.2) is 10.7 Å². The molecule has 1 aromatic rings. The summed E-state index contributed by atoms with van der Waals surface area (Å²) < 4.78 is 0. The summed E-state index contributed by atoms with van der Waals surface area (Å²) in [7, 11) is 0. The molecule has 0 bridgehead atoms. The zero-order chi connectivity index (χ0) is 10.6. The standard InChI is InChI=1S/C10H18N2S2/c1-7(2)5-13-6-10-12-8(3)9(4-11)14-10/h7H,4-6,11H2,1-3H3. The molecule has 0 aromatic carbocycles. The molecule has 2 nitrogen and oxygen atoms in total. The van der Waals surface area contributed by atoms with Gasteiger partial charge in [0.2, 0.25) is 0 Å². The van der Waals surface area contributed by atoms with E-state index in [2.05, 4.69) is 18.8 Å². The van der Waals surface area contributed by atoms with Crippen molar-refractivity contribution in [2.75, 3.05) is 5.75 Å². The van der Waals surface area contributed by atoms with Crippen molar-refractivity contribution >= 4 is 23.1 Å². The van der Waals surface area contributed by atoms with Gasteiger partial charge in [-0.05, 0) is 18.6 Å². The van der Waals surface area contributed by atoms with E-state index >= 15 is 0 Å². The molecule has 80 valence electrons. The molecule has 1 aromatic heterocycles. The second-order valence-corrected chi connectivity index (χ2v) is 5.93. The Balaban J connectivity index is 2.43. The maximum absolute atomic E-state index is 5.60. The van der Waals surface area contributed by atoms with Crippen molar-refractivity contribution in [3.05, 3.63) is 15.6 Å². The molecule has 0 radical (unpaired) electrons. The molecule has 2 N–H and O–H groups in total. The summed E-state index contributed by atoms with van der Waals surface area (Å²) in [5.41, 5.74) is 6.71. The second kappa shape index (κ2) is 5.73. The van der Waals surface area contributed by atoms with Crippen molar-refractivity contribution in [3.8, 4) is 0 Å². The summed E-state index contributed by atoms with van der Waals surface area (Å²) in [5, 5.41) is 1.22. The van der Waals surface area contributed by atoms with Crippen LogP contribution in [0.15, 0.2) is 0 Å². The van der Waals surface area contributed by atoms with Gasteiger partial charge in [-0.15, -0.1) is 11.3 Å². The zero-order valence-electron chi connectivity index (χ0n) is 9.04. The first-order valence-corrected chi connectivity index (χ1v) is 6.83. The van der Waals surface area contributed by atoms with Crippen molar-refractivity contribution in [1.82, 2.24) is 4.98 Å². The minimum Gasteiger partial charge on any atom is -0.326 e. The molecule has 0 saturated heterocycles. The van der Waals surface area contributed by atoms with Crippen molar-refractivity contribution in [1.29, 1.82) is 0 Å². The van der Waals surface area contributed by atoms with E-state index in [9.17, 15) is 0 Å². The largest absolute Gasteiger partial charge is 0.326 e. The van der Waals surface area contributed by atoms with E-state index < -0.39 is 0 Å². The second-order valence-electron chi connectivity index (χ2n) is 3.73. The average Bonchev–Trinajstić information content (AvgIpc) is 2.45. The summed E-state index contributed by atoms with van der Waals surface area (Å²) in [6.45, 7) is 7.14. The van der Waals surface area contributed by atoms with Crippen LogP contribution in [0.5, 0.6) is 0 Å². The molecule has 0 aliphatic carbocycles. The lowest BCUT2D eigenvalue weighted by Crippen LogP contribution is -1.94. The molecule has 0 amide bonds. The molecule has 1 heterocycles. The number of hydrogen-bond acceptors (Lipinski definition) is 4. The fourth-order valence-electron chi connectivity index (χ4n) is 1.12. The summed E-state index contributed by atoms with van der Waals surface area (Å²) in [6.07, 6.45) is 0. The van der Waals surface area contributed by atoms with E-state index in [4.69, 9.17) is 5.73 Å². The van der Waals surface area contributed by atoms with Crippen LogP contribution in [-0.2, 0) is 12.3 Å². The minimum absolute atomic E-state index is 0.623. The molecule has 0 unspecified atom stereocenters. The molecule has 0 aliphatic heterocycles. The Morgan fingerprint density at radius 2 is 2.21 bits per heavy atom. The van der Waals surface area contributed by atoms with Crippen molar-refractivity contribution in [2.24, 2.45) is 11.7 Å². The third-order valence-electron chi connectivity index (χ3n) is 1.80. The fraction of sp³-hybridized carbons (Fsp3) is 0.700. The van der Waals surface area contributed by atoms with Crippen LogP contribution in [0.4, 0.5) is 0 Å². The van der Waals surface area contributed by atoms with Crippen LogP contribution in [0.2, 0.25) is 0 Å². The van der Waals surface area contributed by atoms with Crippen LogP contribution >= 0.6 is 23.1 Å². The number of nitrogens with zero attached hydrogens (tertiary/aromatic N) is 1. The molecule has 0 aliphatic rings. The lowest BCUT2D eigenvalue weighted by molar-refractivity contribution is 0.750. The zero-order valence-corrected chi connectivity index (χ0v) is 10.7. The molecule has 0 fully saturated rings. The normalized spacial score (nSPS) is 11.2. The Hall–Kier alpha value is -0.0600. The van der Waals surface area contributed by atoms with Crippen LogP contribution in [0.1, 0.15) is 29.4 Å². The predicted octanol–water partition coefficient (Wildman–Crippen LogP) is 2.80. The topological polar surface area (TPSA) is 38.9 Å². The smallest absolute Gasteiger partial charge is 0.103 e. The van der Waals surface area contributed by atoms with Gasteiger partial charge in [0.05, 0.1) is 5.69 Å². The number of aryl methyl sites for hydroxylation is 1. The van der Waals surface area contributed by atoms with Crippen LogP contribution in [0, 0.1) is 12.8 Å². The Morgan fingerprint density at radius 1 is 1.50 bits per heavy atom. The highest BCUT2D eigenvalue weighted by molar-refractivity contribution is 7.98. The quantitative estimate of drug-likeness (QED) is 0.845. The van der Waals surface area contributed by atoms with Gasteiger partial charge in [0.15, 0.2) is 0 Å². The van der Waals surface area contributed by atoms with Gasteiger partial charge in [0.25, 0.3) is 0 Å². The van der Waals surface area contributed by atoms with E-state index in [0.717, 1.165) is 17.4 Å². The summed E-state index contributed by atoms with van der Waals surface area (Å²) in [6, 6.07) is 0. The lowest BCUT2D eigenvalue weighted by Gasteiger charge is -2.01. The molecular weight excluding hydrogens is 212 g/mol. The van der Waals surface area contributed by atoms with Crippen LogP contribution in [0.25, 0.3) is 0 Å². The Bertz CT molecular complexity index is 282. The number of thioether (sulfide) groups is 1. The van der Waals surface area contributed by atoms with Crippen molar-refractivity contribution in [3.63, 3.8) is 0 Å². The average molecular weight is 230 g/mol. The number of hydrogen-bond donors (Lipinski definition) is 1. The molecule has 0 saturated carbocycles. The summed E-state index contributed by atoms with van der Waals surface area (Å²) in [4.78, 5) is 5.72. The Labute approximate surface area is 94.3 Å². The van der Waals surface area contributed by atoms with Gasteiger partial charge >= 0.3 is 0 Å². The van der Waals surface area contributed by atoms with E-state index in [-0.39, 0.29) is 0 Å². The highest BCUT2D eigenvalue weighted by atomic mass is 32.2. The first-order chi connectivity index (χ1) is 6.63. The third kappa shape index (κ3) is 3.59. The van der Waals surface area contributed by atoms with Gasteiger partial charge in [-0.1, -0.05) is 13.8 Å². The van der Waals surface area contributed by atoms with Crippen molar-refractivity contribution in [2.45, 2.75) is 33.1 Å². The van der Waals surface area contributed by atoms with Gasteiger partial charge in [0, 0.05) is 17.2 Å². The van der Waals surface area contributed by atoms with Gasteiger partial charge in [-0.3, -0.25) is 0 Å². The van der Waals surface area contributed by atoms with E-state index in [0.29, 0.717) is 6.54 Å². The van der Waals surface area contributed by atoms with Crippen LogP contribution in [0.3, 0.4) is 0 Å². The molecule has 0 atom stereocenters. The number of aromatic nitrogens is 1. The summed E-state index contributed by atoms with van der Waals surface area (Å²) in [5.74, 6) is 3.00. The molecule has 4 heteroatoms. The highest BCUT2D eigenvalue weighted by Gasteiger charge is 2.06. The van der Waals surface area contributed by atoms with E-state index in [1.54, 1.807) is 11.3 Å². The van der Waals surface area contributed by atoms with Gasteiger partial charge in [-0.2, -0.15) is 11.8 Å². The maximum Gasteiger partial charge on any atom is 0.103 e. The number of thiazole rings is 1.